The molecule has 5 rings (SSSR count). The third kappa shape index (κ3) is 4.72. The first-order valence-electron chi connectivity index (χ1n) is 10.2. The zero-order valence-electron chi connectivity index (χ0n) is 17.0. The van der Waals surface area contributed by atoms with E-state index in [-0.39, 0.29) is 23.2 Å². The topological polar surface area (TPSA) is 63.2 Å². The lowest BCUT2D eigenvalue weighted by atomic mass is 9.83. The molecule has 32 heavy (non-hydrogen) atoms. The standard InChI is InChI=1S/C16H10F3NO2.C7H10N2S/c17-16(18,19)14-7-10(9-21)6-12-13(14)8-20(15(12)22)11-4-2-1-3-5-11;1-2-6(3-1)4-7-9-8-5-10-7/h1-7,9H,8H2;5-6H,1-4H2. The van der Waals surface area contributed by atoms with Gasteiger partial charge in [-0.2, -0.15) is 13.2 Å². The second-order valence-corrected chi connectivity index (χ2v) is 8.69. The first kappa shape index (κ1) is 22.1. The van der Waals surface area contributed by atoms with Crippen LogP contribution in [0.4, 0.5) is 18.9 Å². The molecular weight excluding hydrogens is 439 g/mol. The molecule has 1 aromatic heterocycles. The van der Waals surface area contributed by atoms with Crippen molar-refractivity contribution in [2.75, 3.05) is 4.90 Å². The first-order chi connectivity index (χ1) is 15.4. The van der Waals surface area contributed by atoms with Gasteiger partial charge in [-0.15, -0.1) is 21.5 Å². The summed E-state index contributed by atoms with van der Waals surface area (Å²) in [5, 5.41) is 9.02. The van der Waals surface area contributed by atoms with Crippen LogP contribution in [0, 0.1) is 5.92 Å². The number of aromatic nitrogens is 2. The van der Waals surface area contributed by atoms with E-state index in [0.717, 1.165) is 12.0 Å². The van der Waals surface area contributed by atoms with Crippen molar-refractivity contribution in [2.45, 2.75) is 38.4 Å². The van der Waals surface area contributed by atoms with Gasteiger partial charge in [0, 0.05) is 23.2 Å². The number of carbonyl (C=O) groups excluding carboxylic acids is 2. The molecule has 2 aliphatic rings. The van der Waals surface area contributed by atoms with Crippen molar-refractivity contribution in [3.05, 3.63) is 75.2 Å². The van der Waals surface area contributed by atoms with Crippen LogP contribution < -0.4 is 4.90 Å². The van der Waals surface area contributed by atoms with Crippen molar-refractivity contribution in [3.63, 3.8) is 0 Å². The number of hydrogen-bond acceptors (Lipinski definition) is 5. The zero-order chi connectivity index (χ0) is 22.7. The second-order valence-electron chi connectivity index (χ2n) is 7.77. The van der Waals surface area contributed by atoms with Gasteiger partial charge < -0.3 is 4.90 Å². The maximum Gasteiger partial charge on any atom is 0.416 e. The molecule has 2 heterocycles. The van der Waals surface area contributed by atoms with Crippen LogP contribution in [0.5, 0.6) is 0 Å². The third-order valence-electron chi connectivity index (χ3n) is 5.67. The van der Waals surface area contributed by atoms with Crippen molar-refractivity contribution in [1.29, 1.82) is 0 Å². The van der Waals surface area contributed by atoms with Crippen molar-refractivity contribution in [3.8, 4) is 0 Å². The van der Waals surface area contributed by atoms with Gasteiger partial charge in [0.25, 0.3) is 5.91 Å². The van der Waals surface area contributed by atoms with E-state index in [0.29, 0.717) is 12.0 Å². The maximum absolute atomic E-state index is 13.2. The summed E-state index contributed by atoms with van der Waals surface area (Å²) in [6.45, 7) is -0.161. The van der Waals surface area contributed by atoms with E-state index in [4.69, 9.17) is 0 Å². The number of aldehydes is 1. The summed E-state index contributed by atoms with van der Waals surface area (Å²) < 4.78 is 39.5. The van der Waals surface area contributed by atoms with Crippen LogP contribution in [0.15, 0.2) is 48.0 Å². The highest BCUT2D eigenvalue weighted by molar-refractivity contribution is 7.09. The monoisotopic (exact) mass is 459 g/mol. The summed E-state index contributed by atoms with van der Waals surface area (Å²) in [7, 11) is 0. The summed E-state index contributed by atoms with van der Waals surface area (Å²) in [6.07, 6.45) is 1.09. The molecule has 1 saturated carbocycles. The Morgan fingerprint density at radius 1 is 1.16 bits per heavy atom. The molecule has 1 aliphatic carbocycles. The number of hydrogen-bond donors (Lipinski definition) is 0. The summed E-state index contributed by atoms with van der Waals surface area (Å²) in [5.74, 6) is 0.392. The first-order valence-corrected chi connectivity index (χ1v) is 11.1. The van der Waals surface area contributed by atoms with Crippen molar-refractivity contribution < 1.29 is 22.8 Å². The van der Waals surface area contributed by atoms with Crippen molar-refractivity contribution in [2.24, 2.45) is 5.92 Å². The molecule has 9 heteroatoms. The zero-order valence-corrected chi connectivity index (χ0v) is 17.8. The fourth-order valence-corrected chi connectivity index (χ4v) is 4.44. The Hall–Kier alpha value is -3.07. The van der Waals surface area contributed by atoms with Gasteiger partial charge in [0.2, 0.25) is 0 Å². The number of anilines is 1. The minimum Gasteiger partial charge on any atom is -0.304 e. The van der Waals surface area contributed by atoms with Gasteiger partial charge in [-0.05, 0) is 35.7 Å². The van der Waals surface area contributed by atoms with Crippen molar-refractivity contribution >= 4 is 29.2 Å². The number of fused-ring (bicyclic) bond motifs is 1. The van der Waals surface area contributed by atoms with Crippen LogP contribution in [-0.2, 0) is 19.1 Å². The van der Waals surface area contributed by atoms with E-state index in [1.54, 1.807) is 41.7 Å². The lowest BCUT2D eigenvalue weighted by Crippen LogP contribution is -2.22. The van der Waals surface area contributed by atoms with Crippen molar-refractivity contribution in [1.82, 2.24) is 10.2 Å². The predicted octanol–water partition coefficient (Wildman–Crippen LogP) is 5.56. The highest BCUT2D eigenvalue weighted by atomic mass is 32.1. The van der Waals surface area contributed by atoms with E-state index >= 15 is 0 Å². The Kier molecular flexibility index (Phi) is 6.36. The molecule has 0 spiro atoms. The molecular formula is C23H20F3N3O2S. The number of rotatable bonds is 4. The van der Waals surface area contributed by atoms with E-state index in [1.165, 1.54) is 41.7 Å². The SMILES string of the molecule is O=Cc1cc2c(c(C(F)(F)F)c1)CN(c1ccccc1)C2=O.c1nnc(CC2CCC2)s1. The average molecular weight is 459 g/mol. The van der Waals surface area contributed by atoms with Crippen LogP contribution in [0.3, 0.4) is 0 Å². The summed E-state index contributed by atoms with van der Waals surface area (Å²) in [5.41, 5.74) is 1.08. The number of nitrogens with zero attached hydrogens (tertiary/aromatic N) is 3. The fourth-order valence-electron chi connectivity index (χ4n) is 3.80. The molecule has 0 radical (unpaired) electrons. The van der Waals surface area contributed by atoms with Crippen LogP contribution in [0.2, 0.25) is 0 Å². The molecule has 5 nitrogen and oxygen atoms in total. The molecule has 0 unspecified atom stereocenters. The largest absolute Gasteiger partial charge is 0.416 e. The molecule has 0 bridgehead atoms. The van der Waals surface area contributed by atoms with E-state index < -0.39 is 17.6 Å². The molecule has 3 aromatic rings. The highest BCUT2D eigenvalue weighted by Gasteiger charge is 2.40. The van der Waals surface area contributed by atoms with Gasteiger partial charge in [-0.3, -0.25) is 9.59 Å². The number of para-hydroxylation sites is 1. The lowest BCUT2D eigenvalue weighted by molar-refractivity contribution is -0.138. The molecule has 166 valence electrons. The molecule has 2 aromatic carbocycles. The number of benzene rings is 2. The van der Waals surface area contributed by atoms with Crippen LogP contribution in [-0.4, -0.2) is 22.4 Å². The molecule has 0 N–H and O–H groups in total. The quantitative estimate of drug-likeness (QED) is 0.480. The Labute approximate surface area is 186 Å². The Bertz CT molecular complexity index is 1100. The lowest BCUT2D eigenvalue weighted by Gasteiger charge is -2.23. The molecule has 0 atom stereocenters. The third-order valence-corrected chi connectivity index (χ3v) is 6.39. The van der Waals surface area contributed by atoms with Gasteiger partial charge in [-0.25, -0.2) is 0 Å². The Morgan fingerprint density at radius 2 is 1.91 bits per heavy atom. The Morgan fingerprint density at radius 3 is 2.47 bits per heavy atom. The highest BCUT2D eigenvalue weighted by Crippen LogP contribution is 2.39. The Balaban J connectivity index is 0.000000203. The summed E-state index contributed by atoms with van der Waals surface area (Å²) >= 11 is 1.68. The average Bonchev–Trinajstić information content (AvgIpc) is 3.38. The summed E-state index contributed by atoms with van der Waals surface area (Å²) in [4.78, 5) is 24.5. The van der Waals surface area contributed by atoms with E-state index in [9.17, 15) is 22.8 Å². The van der Waals surface area contributed by atoms with E-state index in [1.807, 2.05) is 5.51 Å². The normalized spacial score (nSPS) is 15.6. The predicted molar refractivity (Wildman–Crippen MR) is 115 cm³/mol. The molecule has 1 aliphatic heterocycles. The van der Waals surface area contributed by atoms with Gasteiger partial charge >= 0.3 is 6.18 Å². The van der Waals surface area contributed by atoms with Gasteiger partial charge in [-0.1, -0.05) is 37.5 Å². The molecule has 0 saturated heterocycles. The molecule has 1 fully saturated rings. The van der Waals surface area contributed by atoms with Gasteiger partial charge in [0.15, 0.2) is 0 Å². The number of halogens is 3. The number of amides is 1. The summed E-state index contributed by atoms with van der Waals surface area (Å²) in [6, 6.07) is 10.5. The van der Waals surface area contributed by atoms with Crippen LogP contribution in [0.1, 0.15) is 56.1 Å². The second kappa shape index (κ2) is 9.20. The minimum absolute atomic E-state index is 0.0687. The van der Waals surface area contributed by atoms with Crippen LogP contribution >= 0.6 is 11.3 Å². The van der Waals surface area contributed by atoms with Crippen LogP contribution in [0.25, 0.3) is 0 Å². The number of alkyl halides is 3. The fraction of sp³-hybridized carbons (Fsp3) is 0.304. The maximum atomic E-state index is 13.2. The number of carbonyl (C=O) groups is 2. The smallest absolute Gasteiger partial charge is 0.304 e. The molecule has 1 amide bonds. The van der Waals surface area contributed by atoms with Gasteiger partial charge in [0.05, 0.1) is 12.1 Å². The van der Waals surface area contributed by atoms with Gasteiger partial charge in [0.1, 0.15) is 16.8 Å². The minimum atomic E-state index is -4.61. The van der Waals surface area contributed by atoms with E-state index in [2.05, 4.69) is 10.2 Å².